The van der Waals surface area contributed by atoms with E-state index in [9.17, 15) is 14.0 Å². The highest BCUT2D eigenvalue weighted by Gasteiger charge is 2.56. The van der Waals surface area contributed by atoms with Gasteiger partial charge in [-0.1, -0.05) is 12.1 Å². The Morgan fingerprint density at radius 2 is 1.79 bits per heavy atom. The van der Waals surface area contributed by atoms with Crippen LogP contribution in [0, 0.1) is 29.0 Å². The van der Waals surface area contributed by atoms with Crippen molar-refractivity contribution in [2.75, 3.05) is 6.54 Å². The smallest absolute Gasteiger partial charge is 0.243 e. The van der Waals surface area contributed by atoms with E-state index in [-0.39, 0.29) is 29.1 Å². The standard InChI is InChI=1S/C23H29FN2O2/c24-19-4-1-3-15(10-19)14-25-21(27)20-5-2-6-26(20)22(28)23-11-16-7-17(12-23)9-18(8-16)13-23/h1,3-4,10,16-18,20H,2,5-9,11-14H2,(H,25,27). The topological polar surface area (TPSA) is 49.4 Å². The van der Waals surface area contributed by atoms with E-state index >= 15 is 0 Å². The van der Waals surface area contributed by atoms with Gasteiger partial charge in [-0.2, -0.15) is 0 Å². The van der Waals surface area contributed by atoms with Crippen LogP contribution in [-0.4, -0.2) is 29.3 Å². The van der Waals surface area contributed by atoms with Gasteiger partial charge in [0, 0.05) is 13.1 Å². The molecule has 1 atom stereocenters. The van der Waals surface area contributed by atoms with Gasteiger partial charge in [-0.05, 0) is 86.8 Å². The molecule has 4 nitrogen and oxygen atoms in total. The van der Waals surface area contributed by atoms with Crippen molar-refractivity contribution in [3.05, 3.63) is 35.6 Å². The summed E-state index contributed by atoms with van der Waals surface area (Å²) in [6.07, 6.45) is 8.64. The minimum atomic E-state index is -0.367. The maximum Gasteiger partial charge on any atom is 0.243 e. The van der Waals surface area contributed by atoms with Gasteiger partial charge in [0.1, 0.15) is 11.9 Å². The highest BCUT2D eigenvalue weighted by atomic mass is 19.1. The van der Waals surface area contributed by atoms with Gasteiger partial charge in [-0.25, -0.2) is 4.39 Å². The fourth-order valence-corrected chi connectivity index (χ4v) is 6.91. The molecule has 1 aliphatic heterocycles. The van der Waals surface area contributed by atoms with E-state index in [2.05, 4.69) is 5.32 Å². The average molecular weight is 384 g/mol. The Hall–Kier alpha value is -1.91. The molecule has 2 amide bonds. The summed E-state index contributed by atoms with van der Waals surface area (Å²) in [5.74, 6) is 2.01. The first kappa shape index (κ1) is 18.1. The summed E-state index contributed by atoms with van der Waals surface area (Å²) >= 11 is 0. The predicted octanol–water partition coefficient (Wildman–Crippen LogP) is 3.65. The molecular weight excluding hydrogens is 355 g/mol. The summed E-state index contributed by atoms with van der Waals surface area (Å²) in [7, 11) is 0. The fraction of sp³-hybridized carbons (Fsp3) is 0.652. The highest BCUT2D eigenvalue weighted by Crippen LogP contribution is 2.60. The van der Waals surface area contributed by atoms with Crippen molar-refractivity contribution in [1.29, 1.82) is 0 Å². The molecule has 0 spiro atoms. The van der Waals surface area contributed by atoms with E-state index in [1.807, 2.05) is 4.90 Å². The Labute approximate surface area is 165 Å². The van der Waals surface area contributed by atoms with Crippen LogP contribution in [0.1, 0.15) is 56.9 Å². The SMILES string of the molecule is O=C(NCc1cccc(F)c1)C1CCCN1C(=O)C12CC3CC(CC(C3)C1)C2. The molecule has 4 aliphatic carbocycles. The van der Waals surface area contributed by atoms with Crippen molar-refractivity contribution in [3.8, 4) is 0 Å². The zero-order valence-corrected chi connectivity index (χ0v) is 16.3. The van der Waals surface area contributed by atoms with Crippen LogP contribution in [0.25, 0.3) is 0 Å². The third-order valence-electron chi connectivity index (χ3n) is 7.66. The molecule has 4 bridgehead atoms. The molecule has 4 saturated carbocycles. The van der Waals surface area contributed by atoms with Crippen LogP contribution in [0.5, 0.6) is 0 Å². The second-order valence-corrected chi connectivity index (χ2v) is 9.70. The van der Waals surface area contributed by atoms with Gasteiger partial charge in [0.05, 0.1) is 5.41 Å². The lowest BCUT2D eigenvalue weighted by Gasteiger charge is -2.56. The molecule has 1 heterocycles. The second-order valence-electron chi connectivity index (χ2n) is 9.70. The maximum atomic E-state index is 13.6. The lowest BCUT2D eigenvalue weighted by Crippen LogP contribution is -2.57. The van der Waals surface area contributed by atoms with Gasteiger partial charge in [0.15, 0.2) is 0 Å². The molecule has 5 aliphatic rings. The first-order chi connectivity index (χ1) is 13.5. The number of likely N-dealkylation sites (tertiary alicyclic amines) is 1. The molecule has 1 aromatic carbocycles. The molecule has 1 saturated heterocycles. The van der Waals surface area contributed by atoms with Gasteiger partial charge >= 0.3 is 0 Å². The average Bonchev–Trinajstić information content (AvgIpc) is 3.14. The van der Waals surface area contributed by atoms with Crippen molar-refractivity contribution in [3.63, 3.8) is 0 Å². The molecule has 1 unspecified atom stereocenters. The molecule has 5 fully saturated rings. The Morgan fingerprint density at radius 1 is 1.11 bits per heavy atom. The number of halogens is 1. The molecule has 5 heteroatoms. The van der Waals surface area contributed by atoms with Crippen LogP contribution in [-0.2, 0) is 16.1 Å². The summed E-state index contributed by atoms with van der Waals surface area (Å²) in [6, 6.07) is 5.92. The molecule has 6 rings (SSSR count). The normalized spacial score (nSPS) is 36.0. The van der Waals surface area contributed by atoms with Gasteiger partial charge in [-0.3, -0.25) is 9.59 Å². The van der Waals surface area contributed by atoms with Gasteiger partial charge in [-0.15, -0.1) is 0 Å². The van der Waals surface area contributed by atoms with E-state index in [1.54, 1.807) is 12.1 Å². The summed E-state index contributed by atoms with van der Waals surface area (Å²) in [5, 5.41) is 2.93. The zero-order valence-electron chi connectivity index (χ0n) is 16.3. The second kappa shape index (κ2) is 6.85. The number of carbonyl (C=O) groups is 2. The van der Waals surface area contributed by atoms with Crippen LogP contribution < -0.4 is 5.32 Å². The van der Waals surface area contributed by atoms with Crippen LogP contribution in [0.15, 0.2) is 24.3 Å². The number of amides is 2. The van der Waals surface area contributed by atoms with E-state index < -0.39 is 0 Å². The van der Waals surface area contributed by atoms with Crippen LogP contribution >= 0.6 is 0 Å². The number of carbonyl (C=O) groups excluding carboxylic acids is 2. The molecule has 1 aromatic rings. The molecule has 0 radical (unpaired) electrons. The maximum absolute atomic E-state index is 13.6. The number of hydrogen-bond donors (Lipinski definition) is 1. The third kappa shape index (κ3) is 3.13. The first-order valence-corrected chi connectivity index (χ1v) is 10.9. The Bertz CT molecular complexity index is 757. The van der Waals surface area contributed by atoms with Crippen molar-refractivity contribution in [2.45, 2.75) is 64.0 Å². The molecule has 150 valence electrons. The fourth-order valence-electron chi connectivity index (χ4n) is 6.91. The Morgan fingerprint density at radius 3 is 2.43 bits per heavy atom. The minimum absolute atomic E-state index is 0.0974. The van der Waals surface area contributed by atoms with Crippen molar-refractivity contribution in [1.82, 2.24) is 10.2 Å². The van der Waals surface area contributed by atoms with Crippen LogP contribution in [0.2, 0.25) is 0 Å². The quantitative estimate of drug-likeness (QED) is 0.861. The monoisotopic (exact) mass is 384 g/mol. The third-order valence-corrected chi connectivity index (χ3v) is 7.66. The van der Waals surface area contributed by atoms with Crippen LogP contribution in [0.4, 0.5) is 4.39 Å². The van der Waals surface area contributed by atoms with E-state index in [0.717, 1.165) is 55.4 Å². The van der Waals surface area contributed by atoms with E-state index in [0.29, 0.717) is 13.1 Å². The molecular formula is C23H29FN2O2. The van der Waals surface area contributed by atoms with Gasteiger partial charge in [0.2, 0.25) is 11.8 Å². The number of rotatable bonds is 4. The molecule has 1 N–H and O–H groups in total. The van der Waals surface area contributed by atoms with Gasteiger partial charge in [0.25, 0.3) is 0 Å². The van der Waals surface area contributed by atoms with Crippen molar-refractivity contribution in [2.24, 2.45) is 23.2 Å². The lowest BCUT2D eigenvalue weighted by atomic mass is 9.49. The summed E-state index contributed by atoms with van der Waals surface area (Å²) in [5.41, 5.74) is 0.547. The molecule has 28 heavy (non-hydrogen) atoms. The van der Waals surface area contributed by atoms with Crippen molar-refractivity contribution >= 4 is 11.8 Å². The Balaban J connectivity index is 1.27. The van der Waals surface area contributed by atoms with E-state index in [4.69, 9.17) is 0 Å². The number of hydrogen-bond acceptors (Lipinski definition) is 2. The Kier molecular flexibility index (Phi) is 4.44. The number of nitrogens with zero attached hydrogens (tertiary/aromatic N) is 1. The largest absolute Gasteiger partial charge is 0.350 e. The summed E-state index contributed by atoms with van der Waals surface area (Å²) < 4.78 is 13.4. The summed E-state index contributed by atoms with van der Waals surface area (Å²) in [4.78, 5) is 28.4. The first-order valence-electron chi connectivity index (χ1n) is 10.9. The van der Waals surface area contributed by atoms with E-state index in [1.165, 1.54) is 31.4 Å². The van der Waals surface area contributed by atoms with Crippen molar-refractivity contribution < 1.29 is 14.0 Å². The number of nitrogens with one attached hydrogen (secondary N) is 1. The van der Waals surface area contributed by atoms with Crippen LogP contribution in [0.3, 0.4) is 0 Å². The lowest BCUT2D eigenvalue weighted by molar-refractivity contribution is -0.160. The minimum Gasteiger partial charge on any atom is -0.350 e. The molecule has 0 aromatic heterocycles. The zero-order chi connectivity index (χ0) is 19.3. The number of benzene rings is 1. The highest BCUT2D eigenvalue weighted by molar-refractivity contribution is 5.91. The predicted molar refractivity (Wildman–Crippen MR) is 104 cm³/mol. The summed E-state index contributed by atoms with van der Waals surface area (Å²) in [6.45, 7) is 0.991. The van der Waals surface area contributed by atoms with Gasteiger partial charge < -0.3 is 10.2 Å².